The summed E-state index contributed by atoms with van der Waals surface area (Å²) in [5, 5.41) is 20.6. The average molecular weight is 437 g/mol. The fraction of sp³-hybridized carbons (Fsp3) is 0.667. The Kier molecular flexibility index (Phi) is 4.79. The first-order valence-electron chi connectivity index (χ1n) is 10.6. The van der Waals surface area contributed by atoms with Gasteiger partial charge in [-0.1, -0.05) is 11.6 Å². The van der Waals surface area contributed by atoms with Crippen LogP contribution in [0.5, 0.6) is 6.01 Å². The summed E-state index contributed by atoms with van der Waals surface area (Å²) in [6.45, 7) is 3.19. The number of halogens is 2. The van der Waals surface area contributed by atoms with Crippen LogP contribution in [0.15, 0.2) is 0 Å². The second kappa shape index (κ2) is 7.14. The van der Waals surface area contributed by atoms with E-state index in [1.807, 2.05) is 4.90 Å². The van der Waals surface area contributed by atoms with E-state index >= 15 is 4.39 Å². The van der Waals surface area contributed by atoms with Gasteiger partial charge < -0.3 is 19.8 Å². The van der Waals surface area contributed by atoms with Crippen LogP contribution >= 0.6 is 11.6 Å². The molecule has 2 aliphatic carbocycles. The minimum absolute atomic E-state index is 0.0400. The number of piperidine rings is 1. The van der Waals surface area contributed by atoms with Gasteiger partial charge >= 0.3 is 6.01 Å². The predicted molar refractivity (Wildman–Crippen MR) is 111 cm³/mol. The summed E-state index contributed by atoms with van der Waals surface area (Å²) in [4.78, 5) is 15.3. The maximum Gasteiger partial charge on any atom is 0.319 e. The van der Waals surface area contributed by atoms with Gasteiger partial charge in [-0.15, -0.1) is 0 Å². The number of nitrogens with zero attached hydrogens (tertiary/aromatic N) is 4. The van der Waals surface area contributed by atoms with Crippen molar-refractivity contribution in [3.05, 3.63) is 16.7 Å². The second-order valence-corrected chi connectivity index (χ2v) is 9.76. The van der Waals surface area contributed by atoms with Gasteiger partial charge in [-0.2, -0.15) is 9.97 Å². The van der Waals surface area contributed by atoms with Crippen molar-refractivity contribution in [1.29, 1.82) is 0 Å². The number of aliphatic hydroxyl groups excluding tert-OH is 1. The number of fused-ring (bicyclic) bond motifs is 1. The number of anilines is 1. The van der Waals surface area contributed by atoms with Gasteiger partial charge in [0.2, 0.25) is 0 Å². The number of aliphatic hydroxyl groups is 2. The quantitative estimate of drug-likeness (QED) is 0.672. The third-order valence-corrected chi connectivity index (χ3v) is 6.72. The Morgan fingerprint density at radius 2 is 2.00 bits per heavy atom. The van der Waals surface area contributed by atoms with Crippen LogP contribution in [0.25, 0.3) is 10.9 Å². The van der Waals surface area contributed by atoms with Crippen LogP contribution in [0.1, 0.15) is 57.1 Å². The monoisotopic (exact) mass is 436 g/mol. The summed E-state index contributed by atoms with van der Waals surface area (Å²) in [6.07, 6.45) is 5.20. The normalized spacial score (nSPS) is 25.6. The minimum Gasteiger partial charge on any atom is -0.463 e. The van der Waals surface area contributed by atoms with E-state index in [4.69, 9.17) is 16.3 Å². The lowest BCUT2D eigenvalue weighted by Crippen LogP contribution is -2.46. The fourth-order valence-corrected chi connectivity index (χ4v) is 4.40. The van der Waals surface area contributed by atoms with Crippen LogP contribution in [0.4, 0.5) is 10.2 Å². The zero-order valence-electron chi connectivity index (χ0n) is 17.0. The van der Waals surface area contributed by atoms with E-state index in [1.54, 1.807) is 6.92 Å². The van der Waals surface area contributed by atoms with E-state index in [0.29, 0.717) is 30.7 Å². The van der Waals surface area contributed by atoms with Crippen LogP contribution in [-0.4, -0.2) is 57.1 Å². The first kappa shape index (κ1) is 20.2. The van der Waals surface area contributed by atoms with E-state index in [1.165, 1.54) is 0 Å². The molecule has 0 aromatic carbocycles. The Hall–Kier alpha value is -1.77. The molecule has 7 nitrogen and oxygen atoms in total. The number of ether oxygens (including phenoxy) is 1. The number of rotatable bonds is 6. The summed E-state index contributed by atoms with van der Waals surface area (Å²) in [7, 11) is 0. The third kappa shape index (κ3) is 3.69. The average Bonchev–Trinajstić information content (AvgIpc) is 3.62. The molecule has 2 aromatic rings. The molecule has 0 bridgehead atoms. The first-order valence-corrected chi connectivity index (χ1v) is 11.0. The molecule has 0 spiro atoms. The number of pyridine rings is 1. The van der Waals surface area contributed by atoms with Gasteiger partial charge in [-0.05, 0) is 45.4 Å². The van der Waals surface area contributed by atoms with Crippen molar-refractivity contribution in [1.82, 2.24) is 15.0 Å². The first-order chi connectivity index (χ1) is 14.3. The second-order valence-electron chi connectivity index (χ2n) is 9.40. The summed E-state index contributed by atoms with van der Waals surface area (Å²) < 4.78 is 20.9. The van der Waals surface area contributed by atoms with Crippen LogP contribution < -0.4 is 9.64 Å². The fourth-order valence-electron chi connectivity index (χ4n) is 4.22. The van der Waals surface area contributed by atoms with Gasteiger partial charge in [-0.3, -0.25) is 0 Å². The molecule has 1 saturated heterocycles. The van der Waals surface area contributed by atoms with Gasteiger partial charge in [0.15, 0.2) is 11.0 Å². The molecule has 9 heteroatoms. The molecular weight excluding hydrogens is 411 g/mol. The minimum atomic E-state index is -0.857. The van der Waals surface area contributed by atoms with Gasteiger partial charge in [-0.25, -0.2) is 9.37 Å². The Balaban J connectivity index is 1.63. The molecule has 0 unspecified atom stereocenters. The Bertz CT molecular complexity index is 994. The highest BCUT2D eigenvalue weighted by Gasteiger charge is 2.43. The lowest BCUT2D eigenvalue weighted by Gasteiger charge is -2.38. The highest BCUT2D eigenvalue weighted by atomic mass is 35.5. The molecule has 3 fully saturated rings. The summed E-state index contributed by atoms with van der Waals surface area (Å²) >= 11 is 6.11. The molecule has 3 aliphatic rings. The zero-order valence-corrected chi connectivity index (χ0v) is 17.8. The van der Waals surface area contributed by atoms with E-state index in [2.05, 4.69) is 15.0 Å². The Morgan fingerprint density at radius 3 is 2.63 bits per heavy atom. The highest BCUT2D eigenvalue weighted by Crippen LogP contribution is 2.47. The molecule has 2 aromatic heterocycles. The zero-order chi connectivity index (χ0) is 21.1. The molecule has 3 heterocycles. The lowest BCUT2D eigenvalue weighted by atomic mass is 9.95. The SMILES string of the molecule is C[C@@]1(O)CCCN(c2nc(OCC3(CO)CC3)nc3c(F)c(Cl)nc(C4CC4)c23)C1. The summed E-state index contributed by atoms with van der Waals surface area (Å²) in [5.41, 5.74) is -0.280. The molecule has 162 valence electrons. The van der Waals surface area contributed by atoms with Crippen molar-refractivity contribution in [3.63, 3.8) is 0 Å². The molecule has 0 amide bonds. The van der Waals surface area contributed by atoms with Crippen molar-refractivity contribution >= 4 is 28.3 Å². The van der Waals surface area contributed by atoms with Gasteiger partial charge in [0.1, 0.15) is 11.3 Å². The van der Waals surface area contributed by atoms with Crippen molar-refractivity contribution in [2.75, 3.05) is 31.2 Å². The molecular formula is C21H26ClFN4O3. The molecule has 5 rings (SSSR count). The van der Waals surface area contributed by atoms with Crippen LogP contribution in [0.2, 0.25) is 5.15 Å². The molecule has 2 N–H and O–H groups in total. The largest absolute Gasteiger partial charge is 0.463 e. The van der Waals surface area contributed by atoms with Crippen LogP contribution in [0, 0.1) is 11.2 Å². The van der Waals surface area contributed by atoms with E-state index in [-0.39, 0.29) is 41.2 Å². The van der Waals surface area contributed by atoms with Crippen molar-refractivity contribution < 1.29 is 19.3 Å². The number of hydrogen-bond donors (Lipinski definition) is 2. The van der Waals surface area contributed by atoms with Gasteiger partial charge in [0.25, 0.3) is 0 Å². The predicted octanol–water partition coefficient (Wildman–Crippen LogP) is 3.20. The third-order valence-electron chi connectivity index (χ3n) is 6.47. The summed E-state index contributed by atoms with van der Waals surface area (Å²) in [6, 6.07) is 0.0605. The van der Waals surface area contributed by atoms with E-state index < -0.39 is 11.4 Å². The molecule has 1 aliphatic heterocycles. The number of β-amino-alcohol motifs (C(OH)–C–C–N with tert-alkyl or cyclic N) is 1. The maximum atomic E-state index is 15.0. The van der Waals surface area contributed by atoms with Gasteiger partial charge in [0, 0.05) is 24.4 Å². The standard InChI is InChI=1S/C21H26ClFN4O3/c1-20(29)5-2-8-27(9-20)18-13-15(12-3-4-12)24-17(22)14(23)16(13)25-19(26-18)30-11-21(10-28)6-7-21/h12,28-29H,2-11H2,1H3/t20-/m1/s1. The molecule has 2 saturated carbocycles. The lowest BCUT2D eigenvalue weighted by molar-refractivity contribution is 0.0447. The molecule has 0 radical (unpaired) electrons. The highest BCUT2D eigenvalue weighted by molar-refractivity contribution is 6.30. The molecule has 1 atom stereocenters. The summed E-state index contributed by atoms with van der Waals surface area (Å²) in [5.74, 6) is 0.0690. The van der Waals surface area contributed by atoms with Crippen molar-refractivity contribution in [3.8, 4) is 6.01 Å². The Labute approximate surface area is 179 Å². The van der Waals surface area contributed by atoms with Crippen molar-refractivity contribution in [2.45, 2.75) is 57.0 Å². The van der Waals surface area contributed by atoms with Crippen molar-refractivity contribution in [2.24, 2.45) is 5.41 Å². The van der Waals surface area contributed by atoms with E-state index in [9.17, 15) is 10.2 Å². The number of aromatic nitrogens is 3. The smallest absolute Gasteiger partial charge is 0.319 e. The van der Waals surface area contributed by atoms with Crippen LogP contribution in [-0.2, 0) is 0 Å². The number of hydrogen-bond acceptors (Lipinski definition) is 7. The molecule has 30 heavy (non-hydrogen) atoms. The Morgan fingerprint density at radius 1 is 1.23 bits per heavy atom. The van der Waals surface area contributed by atoms with E-state index in [0.717, 1.165) is 37.8 Å². The topological polar surface area (TPSA) is 91.6 Å². The van der Waals surface area contributed by atoms with Gasteiger partial charge in [0.05, 0.1) is 29.9 Å². The maximum absolute atomic E-state index is 15.0. The van der Waals surface area contributed by atoms with Crippen LogP contribution in [0.3, 0.4) is 0 Å².